The second-order valence-corrected chi connectivity index (χ2v) is 7.84. The van der Waals surface area contributed by atoms with E-state index >= 15 is 0 Å². The van der Waals surface area contributed by atoms with Crippen LogP contribution in [0.1, 0.15) is 38.1 Å². The molecule has 2 atom stereocenters. The standard InChI is InChI=1S/C19H22N4O3S/c1-12(23-17(25)19(2,3)22-18(23)26)16(24)21-15(10-13-7-9-27-11-13)14-6-4-5-8-20-14/h4-9,11-12,15H,10H2,1-3H3,(H,21,24)(H,22,26)/t12-,15+/m0/s1. The fraction of sp³-hybridized carbons (Fsp3) is 0.368. The molecule has 4 amide bonds. The maximum Gasteiger partial charge on any atom is 0.325 e. The van der Waals surface area contributed by atoms with Crippen LogP contribution < -0.4 is 10.6 Å². The van der Waals surface area contributed by atoms with E-state index in [1.165, 1.54) is 0 Å². The van der Waals surface area contributed by atoms with Crippen LogP contribution in [0.5, 0.6) is 0 Å². The summed E-state index contributed by atoms with van der Waals surface area (Å²) in [6, 6.07) is 5.68. The fourth-order valence-electron chi connectivity index (χ4n) is 2.99. The molecule has 0 aromatic carbocycles. The van der Waals surface area contributed by atoms with Crippen LogP contribution in [0.25, 0.3) is 0 Å². The third kappa shape index (κ3) is 4.00. The summed E-state index contributed by atoms with van der Waals surface area (Å²) < 4.78 is 0. The minimum absolute atomic E-state index is 0.357. The second kappa shape index (κ2) is 7.48. The van der Waals surface area contributed by atoms with Gasteiger partial charge in [0.1, 0.15) is 11.6 Å². The highest BCUT2D eigenvalue weighted by Crippen LogP contribution is 2.22. The molecule has 2 N–H and O–H groups in total. The molecule has 7 nitrogen and oxygen atoms in total. The molecule has 8 heteroatoms. The predicted octanol–water partition coefficient (Wildman–Crippen LogP) is 2.26. The first-order valence-corrected chi connectivity index (χ1v) is 9.62. The third-order valence-electron chi connectivity index (χ3n) is 4.54. The largest absolute Gasteiger partial charge is 0.346 e. The van der Waals surface area contributed by atoms with Crippen molar-refractivity contribution in [3.63, 3.8) is 0 Å². The Bertz CT molecular complexity index is 836. The van der Waals surface area contributed by atoms with Crippen molar-refractivity contribution in [3.8, 4) is 0 Å². The lowest BCUT2D eigenvalue weighted by Gasteiger charge is -2.25. The van der Waals surface area contributed by atoms with E-state index in [2.05, 4.69) is 15.6 Å². The molecule has 142 valence electrons. The Balaban J connectivity index is 1.78. The van der Waals surface area contributed by atoms with Crippen LogP contribution in [-0.2, 0) is 16.0 Å². The van der Waals surface area contributed by atoms with Crippen LogP contribution in [0, 0.1) is 0 Å². The lowest BCUT2D eigenvalue weighted by atomic mass is 10.0. The first-order chi connectivity index (χ1) is 12.8. The van der Waals surface area contributed by atoms with E-state index in [9.17, 15) is 14.4 Å². The highest BCUT2D eigenvalue weighted by atomic mass is 32.1. The molecule has 0 spiro atoms. The Labute approximate surface area is 161 Å². The average Bonchev–Trinajstić information content (AvgIpc) is 3.20. The van der Waals surface area contributed by atoms with Gasteiger partial charge in [0, 0.05) is 6.20 Å². The van der Waals surface area contributed by atoms with Crippen LogP contribution >= 0.6 is 11.3 Å². The average molecular weight is 386 g/mol. The number of hydrogen-bond donors (Lipinski definition) is 2. The number of thiophene rings is 1. The van der Waals surface area contributed by atoms with Crippen LogP contribution in [-0.4, -0.2) is 39.3 Å². The van der Waals surface area contributed by atoms with E-state index in [1.54, 1.807) is 38.3 Å². The number of hydrogen-bond acceptors (Lipinski definition) is 5. The molecule has 0 unspecified atom stereocenters. The van der Waals surface area contributed by atoms with Crippen molar-refractivity contribution < 1.29 is 14.4 Å². The fourth-order valence-corrected chi connectivity index (χ4v) is 3.67. The lowest BCUT2D eigenvalue weighted by molar-refractivity contribution is -0.137. The van der Waals surface area contributed by atoms with Gasteiger partial charge in [0.2, 0.25) is 5.91 Å². The van der Waals surface area contributed by atoms with Crippen molar-refractivity contribution in [2.45, 2.75) is 44.8 Å². The molecule has 0 bridgehead atoms. The van der Waals surface area contributed by atoms with Crippen molar-refractivity contribution in [1.82, 2.24) is 20.5 Å². The van der Waals surface area contributed by atoms with E-state index in [0.29, 0.717) is 6.42 Å². The van der Waals surface area contributed by atoms with E-state index in [0.717, 1.165) is 16.2 Å². The molecule has 2 aromatic heterocycles. The summed E-state index contributed by atoms with van der Waals surface area (Å²) in [5.41, 5.74) is 0.796. The van der Waals surface area contributed by atoms with Crippen molar-refractivity contribution >= 4 is 29.2 Å². The van der Waals surface area contributed by atoms with E-state index in [1.807, 2.05) is 35.0 Å². The van der Waals surface area contributed by atoms with Gasteiger partial charge in [-0.2, -0.15) is 11.3 Å². The quantitative estimate of drug-likeness (QED) is 0.745. The van der Waals surface area contributed by atoms with Gasteiger partial charge in [-0.15, -0.1) is 0 Å². The molecule has 3 heterocycles. The highest BCUT2D eigenvalue weighted by Gasteiger charge is 2.48. The number of nitrogens with zero attached hydrogens (tertiary/aromatic N) is 2. The molecule has 0 radical (unpaired) electrons. The number of carbonyl (C=O) groups excluding carboxylic acids is 3. The SMILES string of the molecule is C[C@@H](C(=O)N[C@H](Cc1ccsc1)c1ccccn1)N1C(=O)NC(C)(C)C1=O. The number of nitrogens with one attached hydrogen (secondary N) is 2. The zero-order chi connectivity index (χ0) is 19.6. The Hall–Kier alpha value is -2.74. The molecular formula is C19H22N4O3S. The summed E-state index contributed by atoms with van der Waals surface area (Å²) in [4.78, 5) is 42.8. The molecule has 1 aliphatic rings. The number of rotatable bonds is 6. The summed E-state index contributed by atoms with van der Waals surface area (Å²) in [6.07, 6.45) is 2.25. The Morgan fingerprint density at radius 1 is 1.33 bits per heavy atom. The number of imide groups is 1. The summed E-state index contributed by atoms with van der Waals surface area (Å²) in [6.45, 7) is 4.78. The van der Waals surface area contributed by atoms with Crippen LogP contribution in [0.4, 0.5) is 4.79 Å². The molecule has 1 aliphatic heterocycles. The Morgan fingerprint density at radius 2 is 2.11 bits per heavy atom. The van der Waals surface area contributed by atoms with Crippen molar-refractivity contribution in [2.75, 3.05) is 0 Å². The second-order valence-electron chi connectivity index (χ2n) is 7.06. The van der Waals surface area contributed by atoms with Gasteiger partial charge in [0.15, 0.2) is 0 Å². The van der Waals surface area contributed by atoms with Crippen LogP contribution in [0.2, 0.25) is 0 Å². The summed E-state index contributed by atoms with van der Waals surface area (Å²) in [7, 11) is 0. The molecule has 3 rings (SSSR count). The van der Waals surface area contributed by atoms with Gasteiger partial charge < -0.3 is 10.6 Å². The molecular weight excluding hydrogens is 364 g/mol. The van der Waals surface area contributed by atoms with Gasteiger partial charge in [-0.05, 0) is 61.7 Å². The highest BCUT2D eigenvalue weighted by molar-refractivity contribution is 7.07. The first kappa shape index (κ1) is 19.0. The normalized spacial score (nSPS) is 18.1. The zero-order valence-electron chi connectivity index (χ0n) is 15.4. The number of urea groups is 1. The van der Waals surface area contributed by atoms with E-state index in [4.69, 9.17) is 0 Å². The minimum Gasteiger partial charge on any atom is -0.346 e. The van der Waals surface area contributed by atoms with E-state index < -0.39 is 29.4 Å². The maximum atomic E-state index is 12.8. The Morgan fingerprint density at radius 3 is 2.67 bits per heavy atom. The molecule has 0 aliphatic carbocycles. The first-order valence-electron chi connectivity index (χ1n) is 8.68. The number of pyridine rings is 1. The molecule has 1 saturated heterocycles. The Kier molecular flexibility index (Phi) is 5.27. The van der Waals surface area contributed by atoms with Gasteiger partial charge in [0.05, 0.1) is 11.7 Å². The van der Waals surface area contributed by atoms with Crippen LogP contribution in [0.3, 0.4) is 0 Å². The van der Waals surface area contributed by atoms with Crippen molar-refractivity contribution in [3.05, 3.63) is 52.5 Å². The number of amides is 4. The van der Waals surface area contributed by atoms with Crippen LogP contribution in [0.15, 0.2) is 41.2 Å². The number of aromatic nitrogens is 1. The van der Waals surface area contributed by atoms with Gasteiger partial charge in [0.25, 0.3) is 5.91 Å². The topological polar surface area (TPSA) is 91.4 Å². The molecule has 27 heavy (non-hydrogen) atoms. The van der Waals surface area contributed by atoms with E-state index in [-0.39, 0.29) is 6.04 Å². The lowest BCUT2D eigenvalue weighted by Crippen LogP contribution is -2.50. The van der Waals surface area contributed by atoms with Crippen molar-refractivity contribution in [2.24, 2.45) is 0 Å². The number of carbonyl (C=O) groups is 3. The van der Waals surface area contributed by atoms with Gasteiger partial charge >= 0.3 is 6.03 Å². The summed E-state index contributed by atoms with van der Waals surface area (Å²) in [5, 5.41) is 9.54. The zero-order valence-corrected chi connectivity index (χ0v) is 16.2. The van der Waals surface area contributed by atoms with Gasteiger partial charge in [-0.25, -0.2) is 9.69 Å². The third-order valence-corrected chi connectivity index (χ3v) is 5.27. The van der Waals surface area contributed by atoms with Gasteiger partial charge in [-0.3, -0.25) is 14.6 Å². The maximum absolute atomic E-state index is 12.8. The smallest absolute Gasteiger partial charge is 0.325 e. The molecule has 1 fully saturated rings. The summed E-state index contributed by atoms with van der Waals surface area (Å²) in [5.74, 6) is -0.815. The molecule has 2 aromatic rings. The summed E-state index contributed by atoms with van der Waals surface area (Å²) >= 11 is 1.58. The predicted molar refractivity (Wildman–Crippen MR) is 102 cm³/mol. The molecule has 0 saturated carbocycles. The monoisotopic (exact) mass is 386 g/mol. The minimum atomic E-state index is -1.01. The van der Waals surface area contributed by atoms with Gasteiger partial charge in [-0.1, -0.05) is 6.07 Å². The van der Waals surface area contributed by atoms with Crippen molar-refractivity contribution in [1.29, 1.82) is 0 Å².